The summed E-state index contributed by atoms with van der Waals surface area (Å²) in [5, 5.41) is 0. The number of cyclic esters (lactones) is 1. The molecule has 2 aliphatic rings. The molecule has 6 heteroatoms. The second kappa shape index (κ2) is 9.00. The van der Waals surface area contributed by atoms with Gasteiger partial charge in [0.2, 0.25) is 5.91 Å². The molecule has 0 saturated carbocycles. The average molecular weight is 392 g/mol. The third kappa shape index (κ3) is 4.29. The van der Waals surface area contributed by atoms with Gasteiger partial charge in [-0.3, -0.25) is 4.79 Å². The summed E-state index contributed by atoms with van der Waals surface area (Å²) < 4.78 is 6.76. The van der Waals surface area contributed by atoms with Crippen molar-refractivity contribution in [1.82, 2.24) is 4.90 Å². The first-order valence-corrected chi connectivity index (χ1v) is 11.1. The van der Waals surface area contributed by atoms with Crippen molar-refractivity contribution >= 4 is 35.5 Å². The fourth-order valence-corrected chi connectivity index (χ4v) is 5.84. The normalized spacial score (nSPS) is 24.3. The molecule has 0 aliphatic carbocycles. The molecule has 3 atom stereocenters. The minimum Gasteiger partial charge on any atom is -0.439 e. The van der Waals surface area contributed by atoms with Crippen LogP contribution < -0.4 is 0 Å². The lowest BCUT2D eigenvalue weighted by molar-refractivity contribution is -0.132. The van der Waals surface area contributed by atoms with Crippen molar-refractivity contribution in [2.45, 2.75) is 45.3 Å². The van der Waals surface area contributed by atoms with Crippen LogP contribution in [0.5, 0.6) is 0 Å². The molecule has 140 valence electrons. The highest BCUT2D eigenvalue weighted by Crippen LogP contribution is 2.38. The molecule has 1 aromatic carbocycles. The molecule has 26 heavy (non-hydrogen) atoms. The minimum absolute atomic E-state index is 0.137. The van der Waals surface area contributed by atoms with Crippen LogP contribution in [0.3, 0.4) is 0 Å². The van der Waals surface area contributed by atoms with Crippen LogP contribution in [-0.4, -0.2) is 34.4 Å². The molecule has 0 bridgehead atoms. The van der Waals surface area contributed by atoms with Gasteiger partial charge in [0.15, 0.2) is 0 Å². The van der Waals surface area contributed by atoms with Gasteiger partial charge in [0.25, 0.3) is 0 Å². The minimum atomic E-state index is -0.528. The summed E-state index contributed by atoms with van der Waals surface area (Å²) in [7, 11) is 0. The standard InChI is InChI=1S/C20H25NO3S2/c1-3-8-16(13-17-25-11-7-12-26-17)19(22)21-14(2)18(24-20(21)23)15-9-5-4-6-10-15/h4-6,9-10,13-14,16,18H,3,7-8,11-12H2,1-2H3/t14-,16-,18-/m1/s1. The Hall–Kier alpha value is -1.40. The van der Waals surface area contributed by atoms with Gasteiger partial charge in [-0.15, -0.1) is 23.5 Å². The molecule has 0 spiro atoms. The number of carbonyl (C=O) groups is 2. The van der Waals surface area contributed by atoms with Gasteiger partial charge >= 0.3 is 6.09 Å². The van der Waals surface area contributed by atoms with Crippen molar-refractivity contribution in [2.24, 2.45) is 5.92 Å². The molecular weight excluding hydrogens is 366 g/mol. The Bertz CT molecular complexity index is 669. The third-order valence-corrected chi connectivity index (χ3v) is 7.20. The molecule has 0 unspecified atom stereocenters. The lowest BCUT2D eigenvalue weighted by Gasteiger charge is -2.24. The van der Waals surface area contributed by atoms with E-state index in [2.05, 4.69) is 13.0 Å². The number of carbonyl (C=O) groups excluding carboxylic acids is 2. The van der Waals surface area contributed by atoms with E-state index in [4.69, 9.17) is 4.74 Å². The fourth-order valence-electron chi connectivity index (χ4n) is 3.32. The van der Waals surface area contributed by atoms with Gasteiger partial charge in [0, 0.05) is 4.24 Å². The largest absolute Gasteiger partial charge is 0.439 e. The maximum atomic E-state index is 13.2. The Kier molecular flexibility index (Phi) is 6.70. The predicted octanol–water partition coefficient (Wildman–Crippen LogP) is 5.22. The van der Waals surface area contributed by atoms with Gasteiger partial charge in [0.1, 0.15) is 6.10 Å². The molecule has 2 heterocycles. The number of ether oxygens (including phenoxy) is 1. The molecule has 0 N–H and O–H groups in total. The molecule has 2 amide bonds. The van der Waals surface area contributed by atoms with E-state index in [0.29, 0.717) is 0 Å². The van der Waals surface area contributed by atoms with E-state index in [1.807, 2.05) is 60.8 Å². The molecule has 4 nitrogen and oxygen atoms in total. The molecular formula is C20H25NO3S2. The molecule has 3 rings (SSSR count). The maximum absolute atomic E-state index is 13.2. The van der Waals surface area contributed by atoms with Crippen LogP contribution in [0.2, 0.25) is 0 Å². The van der Waals surface area contributed by atoms with Gasteiger partial charge in [-0.05, 0) is 36.8 Å². The molecule has 2 saturated heterocycles. The number of nitrogens with zero attached hydrogens (tertiary/aromatic N) is 1. The van der Waals surface area contributed by atoms with Crippen LogP contribution in [-0.2, 0) is 9.53 Å². The highest BCUT2D eigenvalue weighted by molar-refractivity contribution is 8.22. The monoisotopic (exact) mass is 391 g/mol. The van der Waals surface area contributed by atoms with Crippen molar-refractivity contribution < 1.29 is 14.3 Å². The summed E-state index contributed by atoms with van der Waals surface area (Å²) >= 11 is 3.63. The Morgan fingerprint density at radius 1 is 1.31 bits per heavy atom. The summed E-state index contributed by atoms with van der Waals surface area (Å²) in [4.78, 5) is 27.0. The first kappa shape index (κ1) is 19.4. The Morgan fingerprint density at radius 3 is 2.65 bits per heavy atom. The van der Waals surface area contributed by atoms with Crippen LogP contribution in [0.1, 0.15) is 44.8 Å². The first-order valence-electron chi connectivity index (χ1n) is 9.18. The number of thioether (sulfide) groups is 2. The van der Waals surface area contributed by atoms with Crippen LogP contribution in [0, 0.1) is 5.92 Å². The van der Waals surface area contributed by atoms with E-state index in [9.17, 15) is 9.59 Å². The first-order chi connectivity index (χ1) is 12.6. The average Bonchev–Trinajstić information content (AvgIpc) is 2.96. The predicted molar refractivity (Wildman–Crippen MR) is 108 cm³/mol. The zero-order valence-corrected chi connectivity index (χ0v) is 16.9. The summed E-state index contributed by atoms with van der Waals surface area (Å²) in [6, 6.07) is 9.33. The third-order valence-electron chi connectivity index (χ3n) is 4.67. The summed E-state index contributed by atoms with van der Waals surface area (Å²) in [6.07, 6.45) is 3.98. The van der Waals surface area contributed by atoms with Crippen LogP contribution >= 0.6 is 23.5 Å². The van der Waals surface area contributed by atoms with Gasteiger partial charge < -0.3 is 4.74 Å². The number of rotatable bonds is 5. The second-order valence-corrected chi connectivity index (χ2v) is 9.13. The van der Waals surface area contributed by atoms with Crippen molar-refractivity contribution in [2.75, 3.05) is 11.5 Å². The highest BCUT2D eigenvalue weighted by atomic mass is 32.2. The van der Waals surface area contributed by atoms with Crippen molar-refractivity contribution in [1.29, 1.82) is 0 Å². The van der Waals surface area contributed by atoms with E-state index in [0.717, 1.165) is 29.9 Å². The lowest BCUT2D eigenvalue weighted by Crippen LogP contribution is -2.41. The van der Waals surface area contributed by atoms with E-state index < -0.39 is 12.2 Å². The lowest BCUT2D eigenvalue weighted by atomic mass is 9.99. The number of hydrogen-bond donors (Lipinski definition) is 0. The Balaban J connectivity index is 1.78. The SMILES string of the molecule is CCC[C@H](C=C1SCCCS1)C(=O)N1C(=O)O[C@@H](c2ccccc2)[C@H]1C. The number of imide groups is 1. The fraction of sp³-hybridized carbons (Fsp3) is 0.500. The molecule has 0 radical (unpaired) electrons. The zero-order valence-electron chi connectivity index (χ0n) is 15.2. The van der Waals surface area contributed by atoms with Gasteiger partial charge in [-0.2, -0.15) is 0 Å². The van der Waals surface area contributed by atoms with E-state index in [1.54, 1.807) is 0 Å². The molecule has 1 aromatic rings. The summed E-state index contributed by atoms with van der Waals surface area (Å²) in [6.45, 7) is 3.96. The second-order valence-electron chi connectivity index (χ2n) is 6.60. The van der Waals surface area contributed by atoms with Crippen LogP contribution in [0.4, 0.5) is 4.79 Å². The van der Waals surface area contributed by atoms with Gasteiger partial charge in [-0.25, -0.2) is 9.69 Å². The van der Waals surface area contributed by atoms with Crippen LogP contribution in [0.25, 0.3) is 0 Å². The topological polar surface area (TPSA) is 46.6 Å². The number of benzene rings is 1. The highest BCUT2D eigenvalue weighted by Gasteiger charge is 2.44. The maximum Gasteiger partial charge on any atom is 0.417 e. The summed E-state index contributed by atoms with van der Waals surface area (Å²) in [5.41, 5.74) is 0.924. The molecule has 0 aromatic heterocycles. The van der Waals surface area contributed by atoms with Crippen molar-refractivity contribution in [3.8, 4) is 0 Å². The zero-order chi connectivity index (χ0) is 18.5. The van der Waals surface area contributed by atoms with Gasteiger partial charge in [-0.1, -0.05) is 49.8 Å². The van der Waals surface area contributed by atoms with Gasteiger partial charge in [0.05, 0.1) is 12.0 Å². The smallest absolute Gasteiger partial charge is 0.417 e. The summed E-state index contributed by atoms with van der Waals surface area (Å²) in [5.74, 6) is 1.80. The Labute approximate surface area is 163 Å². The Morgan fingerprint density at radius 2 is 2.00 bits per heavy atom. The number of amides is 2. The van der Waals surface area contributed by atoms with E-state index in [1.165, 1.54) is 15.6 Å². The number of hydrogen-bond acceptors (Lipinski definition) is 5. The van der Waals surface area contributed by atoms with E-state index >= 15 is 0 Å². The van der Waals surface area contributed by atoms with E-state index in [-0.39, 0.29) is 17.9 Å². The van der Waals surface area contributed by atoms with Crippen LogP contribution in [0.15, 0.2) is 40.6 Å². The van der Waals surface area contributed by atoms with Crippen molar-refractivity contribution in [3.05, 3.63) is 46.2 Å². The molecule has 2 fully saturated rings. The molecule has 2 aliphatic heterocycles. The van der Waals surface area contributed by atoms with Crippen molar-refractivity contribution in [3.63, 3.8) is 0 Å². The quantitative estimate of drug-likeness (QED) is 0.688.